The molecule has 2 aliphatic heterocycles. The molecule has 0 aliphatic carbocycles. The van der Waals surface area contributed by atoms with Gasteiger partial charge in [0.1, 0.15) is 6.04 Å². The van der Waals surface area contributed by atoms with Crippen molar-refractivity contribution >= 4 is 23.5 Å². The zero-order chi connectivity index (χ0) is 23.7. The second kappa shape index (κ2) is 9.13. The number of amides is 4. The first-order chi connectivity index (χ1) is 15.8. The molecule has 2 aliphatic rings. The number of fused-ring (bicyclic) bond motifs is 1. The SMILES string of the molecule is COc1cc2c(cc1OC)CN(C(=O)CC1NC(=O)N(c3ccc(C(C)C)cc3)C1=O)CC2. The third-order valence-corrected chi connectivity index (χ3v) is 6.29. The number of rotatable bonds is 6. The minimum Gasteiger partial charge on any atom is -0.493 e. The number of anilines is 1. The normalized spacial score (nSPS) is 17.8. The zero-order valence-electron chi connectivity index (χ0n) is 19.4. The molecule has 8 heteroatoms. The molecule has 1 saturated heterocycles. The fourth-order valence-electron chi connectivity index (χ4n) is 4.32. The van der Waals surface area contributed by atoms with Crippen LogP contribution in [0, 0.1) is 0 Å². The van der Waals surface area contributed by atoms with E-state index in [1.165, 1.54) is 0 Å². The molecule has 2 heterocycles. The highest BCUT2D eigenvalue weighted by Crippen LogP contribution is 2.33. The summed E-state index contributed by atoms with van der Waals surface area (Å²) < 4.78 is 10.7. The van der Waals surface area contributed by atoms with Crippen LogP contribution in [0.2, 0.25) is 0 Å². The van der Waals surface area contributed by atoms with Crippen molar-refractivity contribution in [3.05, 3.63) is 53.1 Å². The molecule has 1 atom stereocenters. The van der Waals surface area contributed by atoms with E-state index >= 15 is 0 Å². The fraction of sp³-hybridized carbons (Fsp3) is 0.400. The lowest BCUT2D eigenvalue weighted by atomic mass is 9.98. The predicted octanol–water partition coefficient (Wildman–Crippen LogP) is 3.23. The Bertz CT molecular complexity index is 1080. The van der Waals surface area contributed by atoms with Crippen LogP contribution in [0.4, 0.5) is 10.5 Å². The van der Waals surface area contributed by atoms with Crippen molar-refractivity contribution in [1.82, 2.24) is 10.2 Å². The molecule has 33 heavy (non-hydrogen) atoms. The first-order valence-corrected chi connectivity index (χ1v) is 11.1. The van der Waals surface area contributed by atoms with Gasteiger partial charge in [0.05, 0.1) is 26.3 Å². The van der Waals surface area contributed by atoms with Gasteiger partial charge < -0.3 is 19.7 Å². The third-order valence-electron chi connectivity index (χ3n) is 6.29. The van der Waals surface area contributed by atoms with Crippen molar-refractivity contribution < 1.29 is 23.9 Å². The summed E-state index contributed by atoms with van der Waals surface area (Å²) in [4.78, 5) is 41.3. The lowest BCUT2D eigenvalue weighted by Gasteiger charge is -2.30. The number of methoxy groups -OCH3 is 2. The van der Waals surface area contributed by atoms with Crippen LogP contribution in [-0.2, 0) is 22.6 Å². The van der Waals surface area contributed by atoms with E-state index in [0.29, 0.717) is 42.6 Å². The van der Waals surface area contributed by atoms with E-state index < -0.39 is 18.0 Å². The summed E-state index contributed by atoms with van der Waals surface area (Å²) in [6.45, 7) is 5.12. The van der Waals surface area contributed by atoms with Crippen LogP contribution >= 0.6 is 0 Å². The summed E-state index contributed by atoms with van der Waals surface area (Å²) in [5, 5.41) is 2.67. The molecule has 8 nitrogen and oxygen atoms in total. The fourth-order valence-corrected chi connectivity index (χ4v) is 4.32. The highest BCUT2D eigenvalue weighted by molar-refractivity contribution is 6.22. The smallest absolute Gasteiger partial charge is 0.329 e. The van der Waals surface area contributed by atoms with Gasteiger partial charge in [0, 0.05) is 13.1 Å². The van der Waals surface area contributed by atoms with Crippen LogP contribution < -0.4 is 19.7 Å². The van der Waals surface area contributed by atoms with Crippen LogP contribution in [0.25, 0.3) is 0 Å². The van der Waals surface area contributed by atoms with E-state index in [2.05, 4.69) is 19.2 Å². The Morgan fingerprint density at radius 1 is 1.06 bits per heavy atom. The second-order valence-electron chi connectivity index (χ2n) is 8.67. The summed E-state index contributed by atoms with van der Waals surface area (Å²) >= 11 is 0. The maximum absolute atomic E-state index is 13.0. The Labute approximate surface area is 193 Å². The van der Waals surface area contributed by atoms with Crippen molar-refractivity contribution in [1.29, 1.82) is 0 Å². The van der Waals surface area contributed by atoms with Crippen LogP contribution in [0.5, 0.6) is 11.5 Å². The minimum atomic E-state index is -0.874. The van der Waals surface area contributed by atoms with Gasteiger partial charge >= 0.3 is 6.03 Å². The zero-order valence-corrected chi connectivity index (χ0v) is 19.4. The van der Waals surface area contributed by atoms with Gasteiger partial charge in [0.15, 0.2) is 11.5 Å². The van der Waals surface area contributed by atoms with Gasteiger partial charge in [-0.2, -0.15) is 0 Å². The number of hydrogen-bond acceptors (Lipinski definition) is 5. The standard InChI is InChI=1S/C25H29N3O5/c1-15(2)16-5-7-19(8-6-16)28-24(30)20(26-25(28)31)13-23(29)27-10-9-17-11-21(32-3)22(33-4)12-18(17)14-27/h5-8,11-12,15,20H,9-10,13-14H2,1-4H3,(H,26,31). The van der Waals surface area contributed by atoms with Crippen LogP contribution in [-0.4, -0.2) is 49.6 Å². The summed E-state index contributed by atoms with van der Waals surface area (Å²) in [6.07, 6.45) is 0.606. The summed E-state index contributed by atoms with van der Waals surface area (Å²) in [5.74, 6) is 1.04. The highest BCUT2D eigenvalue weighted by atomic mass is 16.5. The molecule has 2 aromatic carbocycles. The van der Waals surface area contributed by atoms with Crippen molar-refractivity contribution in [2.75, 3.05) is 25.7 Å². The number of ether oxygens (including phenoxy) is 2. The Balaban J connectivity index is 1.44. The summed E-state index contributed by atoms with van der Waals surface area (Å²) in [6, 6.07) is 9.80. The Morgan fingerprint density at radius 3 is 2.30 bits per heavy atom. The molecule has 0 spiro atoms. The molecule has 4 amide bonds. The van der Waals surface area contributed by atoms with Gasteiger partial charge in [-0.15, -0.1) is 0 Å². The van der Waals surface area contributed by atoms with E-state index in [9.17, 15) is 14.4 Å². The molecule has 4 rings (SSSR count). The van der Waals surface area contributed by atoms with E-state index in [-0.39, 0.29) is 12.3 Å². The number of urea groups is 1. The first kappa shape index (κ1) is 22.6. The first-order valence-electron chi connectivity index (χ1n) is 11.1. The molecule has 174 valence electrons. The monoisotopic (exact) mass is 451 g/mol. The molecular formula is C25H29N3O5. The molecule has 0 radical (unpaired) electrons. The minimum absolute atomic E-state index is 0.0756. The second-order valence-corrected chi connectivity index (χ2v) is 8.67. The number of hydrogen-bond donors (Lipinski definition) is 1. The lowest BCUT2D eigenvalue weighted by Crippen LogP contribution is -2.41. The van der Waals surface area contributed by atoms with Crippen molar-refractivity contribution in [2.24, 2.45) is 0 Å². The van der Waals surface area contributed by atoms with E-state index in [0.717, 1.165) is 21.6 Å². The quantitative estimate of drug-likeness (QED) is 0.682. The maximum atomic E-state index is 13.0. The van der Waals surface area contributed by atoms with E-state index in [1.54, 1.807) is 31.3 Å². The largest absolute Gasteiger partial charge is 0.493 e. The topological polar surface area (TPSA) is 88.2 Å². The summed E-state index contributed by atoms with van der Waals surface area (Å²) in [5.41, 5.74) is 3.72. The Hall–Kier alpha value is -3.55. The molecule has 1 unspecified atom stereocenters. The summed E-state index contributed by atoms with van der Waals surface area (Å²) in [7, 11) is 3.17. The van der Waals surface area contributed by atoms with Gasteiger partial charge in [-0.05, 0) is 53.3 Å². The van der Waals surface area contributed by atoms with Gasteiger partial charge in [-0.3, -0.25) is 9.59 Å². The average Bonchev–Trinajstić information content (AvgIpc) is 3.10. The van der Waals surface area contributed by atoms with Gasteiger partial charge in [0.2, 0.25) is 5.91 Å². The van der Waals surface area contributed by atoms with Gasteiger partial charge in [0.25, 0.3) is 5.91 Å². The van der Waals surface area contributed by atoms with Crippen LogP contribution in [0.3, 0.4) is 0 Å². The van der Waals surface area contributed by atoms with Crippen LogP contribution in [0.15, 0.2) is 36.4 Å². The van der Waals surface area contributed by atoms with Crippen molar-refractivity contribution in [2.45, 2.75) is 45.2 Å². The molecule has 0 bridgehead atoms. The number of nitrogens with zero attached hydrogens (tertiary/aromatic N) is 2. The number of carbonyl (C=O) groups excluding carboxylic acids is 3. The number of nitrogens with one attached hydrogen (secondary N) is 1. The molecule has 2 aromatic rings. The van der Waals surface area contributed by atoms with Gasteiger partial charge in [-0.1, -0.05) is 26.0 Å². The van der Waals surface area contributed by atoms with E-state index in [1.807, 2.05) is 24.3 Å². The number of benzene rings is 2. The van der Waals surface area contributed by atoms with Crippen molar-refractivity contribution in [3.8, 4) is 11.5 Å². The van der Waals surface area contributed by atoms with Crippen molar-refractivity contribution in [3.63, 3.8) is 0 Å². The predicted molar refractivity (Wildman–Crippen MR) is 124 cm³/mol. The number of imide groups is 1. The van der Waals surface area contributed by atoms with Gasteiger partial charge in [-0.25, -0.2) is 9.69 Å². The molecule has 0 saturated carbocycles. The Kier molecular flexibility index (Phi) is 6.26. The highest BCUT2D eigenvalue weighted by Gasteiger charge is 2.41. The molecule has 0 aromatic heterocycles. The Morgan fingerprint density at radius 2 is 1.70 bits per heavy atom. The van der Waals surface area contributed by atoms with E-state index in [4.69, 9.17) is 9.47 Å². The average molecular weight is 452 g/mol. The molecule has 1 N–H and O–H groups in total. The molecular weight excluding hydrogens is 422 g/mol. The molecule has 1 fully saturated rings. The lowest BCUT2D eigenvalue weighted by molar-refractivity contribution is -0.134. The van der Waals surface area contributed by atoms with Crippen LogP contribution in [0.1, 0.15) is 42.9 Å². The maximum Gasteiger partial charge on any atom is 0.329 e. The number of carbonyl (C=O) groups is 3. The third kappa shape index (κ3) is 4.37.